The van der Waals surface area contributed by atoms with Gasteiger partial charge in [-0.2, -0.15) is 0 Å². The van der Waals surface area contributed by atoms with Crippen LogP contribution in [0.2, 0.25) is 0 Å². The fourth-order valence-electron chi connectivity index (χ4n) is 0.923. The molecule has 10 heavy (non-hydrogen) atoms. The van der Waals surface area contributed by atoms with Crippen molar-refractivity contribution in [3.8, 4) is 0 Å². The lowest BCUT2D eigenvalue weighted by Gasteiger charge is -1.88. The highest BCUT2D eigenvalue weighted by atomic mass is 14.9. The summed E-state index contributed by atoms with van der Waals surface area (Å²) in [6, 6.07) is 3.90. The van der Waals surface area contributed by atoms with Crippen LogP contribution in [-0.4, -0.2) is 15.0 Å². The predicted molar refractivity (Wildman–Crippen MR) is 38.6 cm³/mol. The van der Waals surface area contributed by atoms with Crippen LogP contribution in [-0.2, 0) is 0 Å². The topological polar surface area (TPSA) is 41.6 Å². The van der Waals surface area contributed by atoms with Crippen LogP contribution >= 0.6 is 0 Å². The van der Waals surface area contributed by atoms with Crippen molar-refractivity contribution >= 4 is 11.2 Å². The summed E-state index contributed by atoms with van der Waals surface area (Å²) in [5.74, 6) is 0. The van der Waals surface area contributed by atoms with Crippen LogP contribution in [0.5, 0.6) is 0 Å². The molecule has 0 radical (unpaired) electrons. The maximum atomic E-state index is 4.22. The largest absolute Gasteiger partial charge is 0.329 e. The molecule has 0 amide bonds. The van der Waals surface area contributed by atoms with E-state index in [1.807, 2.05) is 19.1 Å². The molecule has 0 aliphatic heterocycles. The van der Waals surface area contributed by atoms with E-state index in [-0.39, 0.29) is 0 Å². The first kappa shape index (κ1) is 5.41. The molecule has 0 aromatic carbocycles. The lowest BCUT2D eigenvalue weighted by atomic mass is 10.4. The van der Waals surface area contributed by atoms with Crippen molar-refractivity contribution < 1.29 is 0 Å². The number of rotatable bonds is 0. The Kier molecular flexibility index (Phi) is 0.974. The predicted octanol–water partition coefficient (Wildman–Crippen LogP) is 1.27. The van der Waals surface area contributed by atoms with Crippen molar-refractivity contribution in [1.29, 1.82) is 0 Å². The summed E-state index contributed by atoms with van der Waals surface area (Å²) in [7, 11) is 0. The summed E-state index contributed by atoms with van der Waals surface area (Å²) in [5, 5.41) is 0. The van der Waals surface area contributed by atoms with Gasteiger partial charge in [0.2, 0.25) is 0 Å². The molecule has 3 heteroatoms. The van der Waals surface area contributed by atoms with E-state index < -0.39 is 0 Å². The van der Waals surface area contributed by atoms with E-state index in [0.29, 0.717) is 0 Å². The molecule has 0 unspecified atom stereocenters. The van der Waals surface area contributed by atoms with E-state index in [9.17, 15) is 0 Å². The van der Waals surface area contributed by atoms with Gasteiger partial charge in [0, 0.05) is 5.69 Å². The SMILES string of the molecule is Cc1ccc2nc[nH]c2n1. The normalized spacial score (nSPS) is 10.5. The van der Waals surface area contributed by atoms with Gasteiger partial charge in [-0.25, -0.2) is 9.97 Å². The Morgan fingerprint density at radius 3 is 3.20 bits per heavy atom. The van der Waals surface area contributed by atoms with Gasteiger partial charge in [-0.15, -0.1) is 0 Å². The van der Waals surface area contributed by atoms with Crippen LogP contribution in [0.15, 0.2) is 18.5 Å². The van der Waals surface area contributed by atoms with Gasteiger partial charge >= 0.3 is 0 Å². The molecule has 2 heterocycles. The summed E-state index contributed by atoms with van der Waals surface area (Å²) < 4.78 is 0. The van der Waals surface area contributed by atoms with E-state index in [1.54, 1.807) is 6.33 Å². The minimum atomic E-state index is 0.861. The van der Waals surface area contributed by atoms with Gasteiger partial charge in [0.25, 0.3) is 0 Å². The summed E-state index contributed by atoms with van der Waals surface area (Å²) in [4.78, 5) is 11.2. The zero-order valence-electron chi connectivity index (χ0n) is 5.63. The van der Waals surface area contributed by atoms with Crippen LogP contribution in [0.4, 0.5) is 0 Å². The first-order valence-corrected chi connectivity index (χ1v) is 3.13. The van der Waals surface area contributed by atoms with E-state index in [4.69, 9.17) is 0 Å². The lowest BCUT2D eigenvalue weighted by molar-refractivity contribution is 1.22. The van der Waals surface area contributed by atoms with Crippen molar-refractivity contribution in [2.75, 3.05) is 0 Å². The Bertz CT molecular complexity index is 350. The second-order valence-corrected chi connectivity index (χ2v) is 2.22. The molecule has 0 atom stereocenters. The molecule has 0 saturated heterocycles. The second-order valence-electron chi connectivity index (χ2n) is 2.22. The highest BCUT2D eigenvalue weighted by Crippen LogP contribution is 2.05. The Morgan fingerprint density at radius 2 is 2.30 bits per heavy atom. The summed E-state index contributed by atoms with van der Waals surface area (Å²) in [6.07, 6.45) is 1.65. The minimum Gasteiger partial charge on any atom is -0.329 e. The third-order valence-corrected chi connectivity index (χ3v) is 1.42. The van der Waals surface area contributed by atoms with E-state index in [0.717, 1.165) is 16.9 Å². The molecular weight excluding hydrogens is 126 g/mol. The molecule has 2 rings (SSSR count). The highest BCUT2D eigenvalue weighted by Gasteiger charge is 1.94. The molecule has 1 N–H and O–H groups in total. The lowest BCUT2D eigenvalue weighted by Crippen LogP contribution is -1.79. The Morgan fingerprint density at radius 1 is 1.40 bits per heavy atom. The van der Waals surface area contributed by atoms with Crippen molar-refractivity contribution in [2.24, 2.45) is 0 Å². The number of aromatic nitrogens is 3. The van der Waals surface area contributed by atoms with Crippen LogP contribution in [0.1, 0.15) is 5.69 Å². The average molecular weight is 133 g/mol. The highest BCUT2D eigenvalue weighted by molar-refractivity contribution is 5.69. The van der Waals surface area contributed by atoms with Crippen molar-refractivity contribution in [1.82, 2.24) is 15.0 Å². The van der Waals surface area contributed by atoms with E-state index >= 15 is 0 Å². The Hall–Kier alpha value is -1.38. The van der Waals surface area contributed by atoms with Gasteiger partial charge in [-0.05, 0) is 19.1 Å². The number of aryl methyl sites for hydroxylation is 1. The zero-order chi connectivity index (χ0) is 6.97. The van der Waals surface area contributed by atoms with Gasteiger partial charge < -0.3 is 4.98 Å². The zero-order valence-corrected chi connectivity index (χ0v) is 5.63. The molecule has 0 aliphatic rings. The van der Waals surface area contributed by atoms with Gasteiger partial charge in [-0.1, -0.05) is 0 Å². The third-order valence-electron chi connectivity index (χ3n) is 1.42. The average Bonchev–Trinajstić information content (AvgIpc) is 2.33. The monoisotopic (exact) mass is 133 g/mol. The second kappa shape index (κ2) is 1.80. The van der Waals surface area contributed by atoms with Gasteiger partial charge in [0.05, 0.1) is 6.33 Å². The number of aromatic amines is 1. The fraction of sp³-hybridized carbons (Fsp3) is 0.143. The number of pyridine rings is 1. The minimum absolute atomic E-state index is 0.861. The first-order chi connectivity index (χ1) is 4.86. The summed E-state index contributed by atoms with van der Waals surface area (Å²) in [5.41, 5.74) is 2.79. The third kappa shape index (κ3) is 0.673. The number of nitrogens with zero attached hydrogens (tertiary/aromatic N) is 2. The summed E-state index contributed by atoms with van der Waals surface area (Å²) >= 11 is 0. The molecule has 0 aliphatic carbocycles. The maximum absolute atomic E-state index is 4.22. The smallest absolute Gasteiger partial charge is 0.157 e. The van der Waals surface area contributed by atoms with Crippen molar-refractivity contribution in [3.05, 3.63) is 24.2 Å². The summed E-state index contributed by atoms with van der Waals surface area (Å²) in [6.45, 7) is 1.96. The number of imidazole rings is 1. The standard InChI is InChI=1S/C7H7N3/c1-5-2-3-6-7(10-5)9-4-8-6/h2-4H,1H3,(H,8,9,10). The van der Waals surface area contributed by atoms with E-state index in [2.05, 4.69) is 15.0 Å². The number of nitrogens with one attached hydrogen (secondary N) is 1. The Labute approximate surface area is 58.1 Å². The van der Waals surface area contributed by atoms with Gasteiger partial charge in [0.15, 0.2) is 5.65 Å². The number of hydrogen-bond donors (Lipinski definition) is 1. The van der Waals surface area contributed by atoms with Crippen molar-refractivity contribution in [2.45, 2.75) is 6.92 Å². The van der Waals surface area contributed by atoms with E-state index in [1.165, 1.54) is 0 Å². The molecule has 0 bridgehead atoms. The molecular formula is C7H7N3. The van der Waals surface area contributed by atoms with Crippen LogP contribution < -0.4 is 0 Å². The van der Waals surface area contributed by atoms with Crippen LogP contribution in [0, 0.1) is 6.92 Å². The molecule has 2 aromatic heterocycles. The maximum Gasteiger partial charge on any atom is 0.157 e. The molecule has 0 spiro atoms. The Balaban J connectivity index is 2.86. The van der Waals surface area contributed by atoms with Crippen LogP contribution in [0.3, 0.4) is 0 Å². The fourth-order valence-corrected chi connectivity index (χ4v) is 0.923. The van der Waals surface area contributed by atoms with Gasteiger partial charge in [-0.3, -0.25) is 0 Å². The van der Waals surface area contributed by atoms with Crippen LogP contribution in [0.25, 0.3) is 11.2 Å². The molecule has 0 fully saturated rings. The number of H-pyrrole nitrogens is 1. The van der Waals surface area contributed by atoms with Crippen molar-refractivity contribution in [3.63, 3.8) is 0 Å². The number of hydrogen-bond acceptors (Lipinski definition) is 2. The molecule has 0 saturated carbocycles. The number of fused-ring (bicyclic) bond motifs is 1. The molecule has 50 valence electrons. The van der Waals surface area contributed by atoms with Gasteiger partial charge in [0.1, 0.15) is 5.52 Å². The quantitative estimate of drug-likeness (QED) is 0.588. The molecule has 3 nitrogen and oxygen atoms in total. The first-order valence-electron chi connectivity index (χ1n) is 3.13. The molecule has 2 aromatic rings.